The molecule has 1 N–H and O–H groups in total. The van der Waals surface area contributed by atoms with Crippen molar-refractivity contribution in [3.63, 3.8) is 0 Å². The molecule has 2 heterocycles. The van der Waals surface area contributed by atoms with Crippen molar-refractivity contribution in [2.45, 2.75) is 0 Å². The van der Waals surface area contributed by atoms with E-state index in [-0.39, 0.29) is 0 Å². The molecule has 0 saturated heterocycles. The molecule has 0 unspecified atom stereocenters. The second-order valence-corrected chi connectivity index (χ2v) is 1.81. The summed E-state index contributed by atoms with van der Waals surface area (Å²) >= 11 is 0. The van der Waals surface area contributed by atoms with Crippen LogP contribution in [0.3, 0.4) is 0 Å². The van der Waals surface area contributed by atoms with E-state index in [2.05, 4.69) is 15.5 Å². The molecule has 1 aromatic rings. The van der Waals surface area contributed by atoms with Gasteiger partial charge in [0.05, 0.1) is 6.20 Å². The number of hydrogen-bond donors (Lipinski definition) is 1. The van der Waals surface area contributed by atoms with Crippen LogP contribution < -0.4 is 10.1 Å². The molecule has 0 bridgehead atoms. The number of hydrogen-bond acceptors (Lipinski definition) is 4. The van der Waals surface area contributed by atoms with Crippen LogP contribution in [0, 0.1) is 0 Å². The Hall–Kier alpha value is -1.58. The van der Waals surface area contributed by atoms with Crippen LogP contribution in [-0.2, 0) is 0 Å². The third kappa shape index (κ3) is 0.699. The van der Waals surface area contributed by atoms with Crippen molar-refractivity contribution >= 4 is 5.82 Å². The summed E-state index contributed by atoms with van der Waals surface area (Å²) in [6.45, 7) is 0. The first kappa shape index (κ1) is 5.22. The lowest BCUT2D eigenvalue weighted by Gasteiger charge is -2.09. The summed E-state index contributed by atoms with van der Waals surface area (Å²) in [5.41, 5.74) is 0. The molecule has 0 spiro atoms. The van der Waals surface area contributed by atoms with Crippen LogP contribution in [0.15, 0.2) is 24.7 Å². The van der Waals surface area contributed by atoms with Crippen molar-refractivity contribution in [1.82, 2.24) is 10.2 Å². The van der Waals surface area contributed by atoms with Gasteiger partial charge in [0.2, 0.25) is 0 Å². The average molecular weight is 135 g/mol. The van der Waals surface area contributed by atoms with Gasteiger partial charge in [-0.2, -0.15) is 5.10 Å². The molecule has 50 valence electrons. The van der Waals surface area contributed by atoms with E-state index < -0.39 is 0 Å². The topological polar surface area (TPSA) is 47.0 Å². The minimum atomic E-state index is 0.657. The van der Waals surface area contributed by atoms with Gasteiger partial charge in [-0.15, -0.1) is 5.10 Å². The summed E-state index contributed by atoms with van der Waals surface area (Å²) in [5, 5.41) is 10.3. The van der Waals surface area contributed by atoms with Crippen LogP contribution in [0.4, 0.5) is 5.82 Å². The van der Waals surface area contributed by atoms with Gasteiger partial charge in [-0.25, -0.2) is 0 Å². The highest BCUT2D eigenvalue weighted by Crippen LogP contribution is 2.22. The van der Waals surface area contributed by atoms with Gasteiger partial charge in [0.25, 0.3) is 0 Å². The third-order valence-electron chi connectivity index (χ3n) is 1.17. The molecular formula is C6H5N3O. The molecule has 4 heteroatoms. The molecule has 0 aromatic carbocycles. The fourth-order valence-corrected chi connectivity index (χ4v) is 0.736. The minimum Gasteiger partial charge on any atom is -0.459 e. The van der Waals surface area contributed by atoms with E-state index in [4.69, 9.17) is 4.74 Å². The smallest absolute Gasteiger partial charge is 0.195 e. The van der Waals surface area contributed by atoms with Crippen LogP contribution in [0.25, 0.3) is 0 Å². The monoisotopic (exact) mass is 135 g/mol. The summed E-state index contributed by atoms with van der Waals surface area (Å²) in [5.74, 6) is 1.36. The zero-order valence-electron chi connectivity index (χ0n) is 5.11. The van der Waals surface area contributed by atoms with Crippen LogP contribution in [-0.4, -0.2) is 10.2 Å². The number of fused-ring (bicyclic) bond motifs is 1. The Morgan fingerprint density at radius 2 is 2.50 bits per heavy atom. The number of rotatable bonds is 0. The minimum absolute atomic E-state index is 0.657. The predicted octanol–water partition coefficient (Wildman–Crippen LogP) is 0.752. The molecule has 1 aliphatic heterocycles. The number of ether oxygens (including phenoxy) is 1. The van der Waals surface area contributed by atoms with Gasteiger partial charge >= 0.3 is 0 Å². The Bertz CT molecular complexity index is 244. The number of anilines is 1. The van der Waals surface area contributed by atoms with Gasteiger partial charge in [0.15, 0.2) is 11.6 Å². The lowest BCUT2D eigenvalue weighted by atomic mass is 10.4. The van der Waals surface area contributed by atoms with Crippen LogP contribution in [0.5, 0.6) is 5.75 Å². The maximum atomic E-state index is 5.08. The van der Waals surface area contributed by atoms with Crippen molar-refractivity contribution in [3.8, 4) is 5.75 Å². The lowest BCUT2D eigenvalue weighted by Crippen LogP contribution is -2.01. The maximum absolute atomic E-state index is 5.08. The summed E-state index contributed by atoms with van der Waals surface area (Å²) < 4.78 is 5.08. The number of nitrogens with one attached hydrogen (secondary N) is 1. The lowest BCUT2D eigenvalue weighted by molar-refractivity contribution is 0.473. The Balaban J connectivity index is 2.47. The fourth-order valence-electron chi connectivity index (χ4n) is 0.736. The highest BCUT2D eigenvalue weighted by atomic mass is 16.5. The molecule has 0 radical (unpaired) electrons. The summed E-state index contributed by atoms with van der Waals surface area (Å²) in [4.78, 5) is 0. The number of aromatic nitrogens is 2. The average Bonchev–Trinajstić information content (AvgIpc) is 2.05. The highest BCUT2D eigenvalue weighted by Gasteiger charge is 2.04. The van der Waals surface area contributed by atoms with Crippen molar-refractivity contribution in [3.05, 3.63) is 24.7 Å². The van der Waals surface area contributed by atoms with Crippen molar-refractivity contribution in [2.75, 3.05) is 5.32 Å². The molecule has 0 amide bonds. The number of nitrogens with zero attached hydrogens (tertiary/aromatic N) is 2. The molecule has 0 fully saturated rings. The standard InChI is InChI=1S/C6H5N3O/c1-2-8-9-6-5(1)10-4-3-7-6/h1-4H,(H,7,9). The van der Waals surface area contributed by atoms with Crippen LogP contribution in [0.1, 0.15) is 0 Å². The van der Waals surface area contributed by atoms with Gasteiger partial charge in [-0.1, -0.05) is 0 Å². The van der Waals surface area contributed by atoms with Gasteiger partial charge in [-0.3, -0.25) is 0 Å². The van der Waals surface area contributed by atoms with E-state index in [1.807, 2.05) is 0 Å². The molecule has 0 aliphatic carbocycles. The molecule has 4 nitrogen and oxygen atoms in total. The normalized spacial score (nSPS) is 13.2. The van der Waals surface area contributed by atoms with E-state index in [1.54, 1.807) is 24.7 Å². The molecule has 2 rings (SSSR count). The quantitative estimate of drug-likeness (QED) is 0.570. The van der Waals surface area contributed by atoms with Gasteiger partial charge < -0.3 is 10.1 Å². The van der Waals surface area contributed by atoms with E-state index in [9.17, 15) is 0 Å². The molecular weight excluding hydrogens is 130 g/mol. The van der Waals surface area contributed by atoms with Crippen LogP contribution in [0.2, 0.25) is 0 Å². The van der Waals surface area contributed by atoms with Crippen molar-refractivity contribution in [1.29, 1.82) is 0 Å². The Morgan fingerprint density at radius 3 is 3.40 bits per heavy atom. The van der Waals surface area contributed by atoms with E-state index >= 15 is 0 Å². The van der Waals surface area contributed by atoms with E-state index in [0.717, 1.165) is 0 Å². The van der Waals surface area contributed by atoms with E-state index in [0.29, 0.717) is 11.6 Å². The first-order chi connectivity index (χ1) is 4.97. The zero-order chi connectivity index (χ0) is 6.81. The summed E-state index contributed by atoms with van der Waals surface area (Å²) in [6, 6.07) is 1.75. The van der Waals surface area contributed by atoms with Gasteiger partial charge in [-0.05, 0) is 0 Å². The largest absolute Gasteiger partial charge is 0.459 e. The molecule has 0 atom stereocenters. The van der Waals surface area contributed by atoms with E-state index in [1.165, 1.54) is 0 Å². The first-order valence-corrected chi connectivity index (χ1v) is 2.87. The second kappa shape index (κ2) is 1.98. The van der Waals surface area contributed by atoms with Crippen molar-refractivity contribution in [2.24, 2.45) is 0 Å². The van der Waals surface area contributed by atoms with Gasteiger partial charge in [0.1, 0.15) is 6.26 Å². The van der Waals surface area contributed by atoms with Gasteiger partial charge in [0, 0.05) is 12.3 Å². The third-order valence-corrected chi connectivity index (χ3v) is 1.17. The van der Waals surface area contributed by atoms with Crippen molar-refractivity contribution < 1.29 is 4.74 Å². The highest BCUT2D eigenvalue weighted by molar-refractivity contribution is 5.52. The fraction of sp³-hybridized carbons (Fsp3) is 0. The predicted molar refractivity (Wildman–Crippen MR) is 35.4 cm³/mol. The summed E-state index contributed by atoms with van der Waals surface area (Å²) in [7, 11) is 0. The molecule has 0 saturated carbocycles. The Morgan fingerprint density at radius 1 is 1.50 bits per heavy atom. The SMILES string of the molecule is C1=COc2ccnnc2N1. The molecule has 10 heavy (non-hydrogen) atoms. The zero-order valence-corrected chi connectivity index (χ0v) is 5.11. The Kier molecular flexibility index (Phi) is 1.04. The molecule has 1 aromatic heterocycles. The first-order valence-electron chi connectivity index (χ1n) is 2.87. The maximum Gasteiger partial charge on any atom is 0.195 e. The second-order valence-electron chi connectivity index (χ2n) is 1.81. The summed E-state index contributed by atoms with van der Waals surface area (Å²) in [6.07, 6.45) is 4.81. The Labute approximate surface area is 57.5 Å². The van der Waals surface area contributed by atoms with Crippen LogP contribution >= 0.6 is 0 Å². The molecule has 1 aliphatic rings.